The molecule has 1 N–H and O–H groups in total. The molecule has 1 aromatic rings. The molecule has 0 aliphatic heterocycles. The summed E-state index contributed by atoms with van der Waals surface area (Å²) >= 11 is 0. The van der Waals surface area contributed by atoms with Gasteiger partial charge in [0, 0.05) is 25.9 Å². The van der Waals surface area contributed by atoms with Gasteiger partial charge in [0.15, 0.2) is 0 Å². The fourth-order valence-electron chi connectivity index (χ4n) is 0.993. The zero-order valence-electron chi connectivity index (χ0n) is 8.67. The molecule has 0 amide bonds. The van der Waals surface area contributed by atoms with Gasteiger partial charge in [0.1, 0.15) is 0 Å². The van der Waals surface area contributed by atoms with Crippen LogP contribution in [0.5, 0.6) is 5.88 Å². The second kappa shape index (κ2) is 5.14. The van der Waals surface area contributed by atoms with E-state index in [1.165, 1.54) is 7.11 Å². The summed E-state index contributed by atoms with van der Waals surface area (Å²) in [5.41, 5.74) is 0. The zero-order chi connectivity index (χ0) is 11.3. The summed E-state index contributed by atoms with van der Waals surface area (Å²) in [6.07, 6.45) is 1.62. The van der Waals surface area contributed by atoms with Crippen molar-refractivity contribution < 1.29 is 14.6 Å². The van der Waals surface area contributed by atoms with Gasteiger partial charge in [0.05, 0.1) is 13.5 Å². The van der Waals surface area contributed by atoms with Crippen LogP contribution >= 0.6 is 0 Å². The number of methoxy groups -OCH3 is 1. The van der Waals surface area contributed by atoms with Crippen LogP contribution in [0.1, 0.15) is 6.42 Å². The number of aromatic nitrogens is 2. The summed E-state index contributed by atoms with van der Waals surface area (Å²) < 4.78 is 4.94. The minimum absolute atomic E-state index is 0.0526. The maximum Gasteiger partial charge on any atom is 0.305 e. The van der Waals surface area contributed by atoms with Gasteiger partial charge in [-0.2, -0.15) is 4.98 Å². The van der Waals surface area contributed by atoms with Crippen molar-refractivity contribution >= 4 is 11.9 Å². The minimum Gasteiger partial charge on any atom is -0.481 e. The highest BCUT2D eigenvalue weighted by Crippen LogP contribution is 2.10. The van der Waals surface area contributed by atoms with Crippen LogP contribution in [0.15, 0.2) is 12.3 Å². The molecule has 0 radical (unpaired) electrons. The molecule has 0 fully saturated rings. The smallest absolute Gasteiger partial charge is 0.305 e. The average Bonchev–Trinajstić information content (AvgIpc) is 2.26. The molecule has 6 heteroatoms. The first kappa shape index (κ1) is 11.2. The number of hydrogen-bond acceptors (Lipinski definition) is 5. The molecular formula is C9H13N3O3. The summed E-state index contributed by atoms with van der Waals surface area (Å²) in [7, 11) is 3.25. The van der Waals surface area contributed by atoms with Gasteiger partial charge < -0.3 is 14.7 Å². The van der Waals surface area contributed by atoms with Gasteiger partial charge in [0.2, 0.25) is 11.8 Å². The third-order valence-electron chi connectivity index (χ3n) is 1.83. The van der Waals surface area contributed by atoms with Crippen LogP contribution in [0, 0.1) is 0 Å². The Bertz CT molecular complexity index is 343. The molecule has 1 heterocycles. The fraction of sp³-hybridized carbons (Fsp3) is 0.444. The lowest BCUT2D eigenvalue weighted by molar-refractivity contribution is -0.136. The number of ether oxygens (including phenoxy) is 1. The van der Waals surface area contributed by atoms with Gasteiger partial charge in [-0.25, -0.2) is 4.98 Å². The quantitative estimate of drug-likeness (QED) is 0.759. The Kier molecular flexibility index (Phi) is 3.84. The Labute approximate surface area is 87.5 Å². The lowest BCUT2D eigenvalue weighted by Crippen LogP contribution is -2.23. The van der Waals surface area contributed by atoms with E-state index in [0.717, 1.165) is 0 Å². The van der Waals surface area contributed by atoms with Gasteiger partial charge >= 0.3 is 5.97 Å². The van der Waals surface area contributed by atoms with Gasteiger partial charge in [-0.15, -0.1) is 0 Å². The molecular weight excluding hydrogens is 198 g/mol. The van der Waals surface area contributed by atoms with E-state index in [1.54, 1.807) is 24.2 Å². The largest absolute Gasteiger partial charge is 0.481 e. The van der Waals surface area contributed by atoms with Crippen LogP contribution in [-0.4, -0.2) is 41.7 Å². The van der Waals surface area contributed by atoms with Gasteiger partial charge in [-0.3, -0.25) is 4.79 Å². The van der Waals surface area contributed by atoms with Gasteiger partial charge in [-0.05, 0) is 0 Å². The molecule has 1 rings (SSSR count). The van der Waals surface area contributed by atoms with Crippen molar-refractivity contribution in [3.63, 3.8) is 0 Å². The summed E-state index contributed by atoms with van der Waals surface area (Å²) in [5, 5.41) is 8.52. The van der Waals surface area contributed by atoms with Crippen LogP contribution in [0.3, 0.4) is 0 Å². The molecule has 0 bridgehead atoms. The fourth-order valence-corrected chi connectivity index (χ4v) is 0.993. The Hall–Kier alpha value is -1.85. The number of carboxylic acids is 1. The van der Waals surface area contributed by atoms with E-state index in [0.29, 0.717) is 18.4 Å². The van der Waals surface area contributed by atoms with Crippen molar-refractivity contribution in [2.24, 2.45) is 0 Å². The van der Waals surface area contributed by atoms with E-state index in [-0.39, 0.29) is 6.42 Å². The van der Waals surface area contributed by atoms with Crippen LogP contribution in [0.25, 0.3) is 0 Å². The molecule has 82 valence electrons. The standard InChI is InChI=1S/C9H13N3O3/c1-12(6-4-8(13)14)9-10-5-3-7(11-9)15-2/h3,5H,4,6H2,1-2H3,(H,13,14). The molecule has 0 aromatic carbocycles. The third-order valence-corrected chi connectivity index (χ3v) is 1.83. The zero-order valence-corrected chi connectivity index (χ0v) is 8.67. The van der Waals surface area contributed by atoms with E-state index in [4.69, 9.17) is 9.84 Å². The average molecular weight is 211 g/mol. The topological polar surface area (TPSA) is 75.5 Å². The summed E-state index contributed by atoms with van der Waals surface area (Å²) in [6, 6.07) is 1.63. The van der Waals surface area contributed by atoms with E-state index in [9.17, 15) is 4.79 Å². The predicted octanol–water partition coefficient (Wildman–Crippen LogP) is 0.396. The number of anilines is 1. The lowest BCUT2D eigenvalue weighted by atomic mass is 10.4. The second-order valence-electron chi connectivity index (χ2n) is 2.96. The lowest BCUT2D eigenvalue weighted by Gasteiger charge is -2.15. The van der Waals surface area contributed by atoms with Crippen LogP contribution in [0.2, 0.25) is 0 Å². The normalized spacial score (nSPS) is 9.73. The minimum atomic E-state index is -0.843. The number of rotatable bonds is 5. The molecule has 0 unspecified atom stereocenters. The second-order valence-corrected chi connectivity index (χ2v) is 2.96. The van der Waals surface area contributed by atoms with Crippen molar-refractivity contribution in [2.75, 3.05) is 25.6 Å². The molecule has 0 atom stereocenters. The summed E-state index contributed by atoms with van der Waals surface area (Å²) in [5.74, 6) is 0.0718. The summed E-state index contributed by atoms with van der Waals surface area (Å²) in [4.78, 5) is 20.1. The first-order valence-electron chi connectivity index (χ1n) is 4.43. The van der Waals surface area contributed by atoms with Gasteiger partial charge in [-0.1, -0.05) is 0 Å². The third kappa shape index (κ3) is 3.41. The number of hydrogen-bond donors (Lipinski definition) is 1. The van der Waals surface area contributed by atoms with Crippen molar-refractivity contribution in [2.45, 2.75) is 6.42 Å². The van der Waals surface area contributed by atoms with Crippen LogP contribution in [0.4, 0.5) is 5.95 Å². The monoisotopic (exact) mass is 211 g/mol. The van der Waals surface area contributed by atoms with Crippen molar-refractivity contribution in [1.82, 2.24) is 9.97 Å². The molecule has 0 aliphatic carbocycles. The van der Waals surface area contributed by atoms with E-state index >= 15 is 0 Å². The highest BCUT2D eigenvalue weighted by molar-refractivity contribution is 5.67. The maximum atomic E-state index is 10.4. The number of carbonyl (C=O) groups is 1. The number of carboxylic acid groups (broad SMARTS) is 1. The Balaban J connectivity index is 2.64. The Morgan fingerprint density at radius 3 is 3.00 bits per heavy atom. The molecule has 0 saturated carbocycles. The predicted molar refractivity (Wildman–Crippen MR) is 54.1 cm³/mol. The van der Waals surface area contributed by atoms with E-state index < -0.39 is 5.97 Å². The SMILES string of the molecule is COc1ccnc(N(C)CCC(=O)O)n1. The van der Waals surface area contributed by atoms with Crippen LogP contribution in [-0.2, 0) is 4.79 Å². The molecule has 0 aliphatic rings. The number of aliphatic carboxylic acids is 1. The van der Waals surface area contributed by atoms with Gasteiger partial charge in [0.25, 0.3) is 0 Å². The number of nitrogens with zero attached hydrogens (tertiary/aromatic N) is 3. The molecule has 0 saturated heterocycles. The van der Waals surface area contributed by atoms with Crippen molar-refractivity contribution in [3.8, 4) is 5.88 Å². The maximum absolute atomic E-state index is 10.4. The van der Waals surface area contributed by atoms with E-state index in [2.05, 4.69) is 9.97 Å². The van der Waals surface area contributed by atoms with Crippen LogP contribution < -0.4 is 9.64 Å². The van der Waals surface area contributed by atoms with Crippen molar-refractivity contribution in [3.05, 3.63) is 12.3 Å². The van der Waals surface area contributed by atoms with Crippen molar-refractivity contribution in [1.29, 1.82) is 0 Å². The molecule has 6 nitrogen and oxygen atoms in total. The Morgan fingerprint density at radius 2 is 2.40 bits per heavy atom. The molecule has 1 aromatic heterocycles. The first-order chi connectivity index (χ1) is 7.13. The molecule has 0 spiro atoms. The van der Waals surface area contributed by atoms with E-state index in [1.807, 2.05) is 0 Å². The first-order valence-corrected chi connectivity index (χ1v) is 4.43. The highest BCUT2D eigenvalue weighted by atomic mass is 16.5. The highest BCUT2D eigenvalue weighted by Gasteiger charge is 2.07. The Morgan fingerprint density at radius 1 is 1.67 bits per heavy atom. The molecule has 15 heavy (non-hydrogen) atoms. The summed E-state index contributed by atoms with van der Waals surface area (Å²) in [6.45, 7) is 0.364.